The van der Waals surface area contributed by atoms with Gasteiger partial charge >= 0.3 is 13.8 Å². The minimum Gasteiger partial charge on any atom is -0.457 e. The van der Waals surface area contributed by atoms with E-state index < -0.39 is 13.9 Å². The van der Waals surface area contributed by atoms with Crippen LogP contribution in [0.3, 0.4) is 0 Å². The van der Waals surface area contributed by atoms with E-state index in [0.717, 1.165) is 77.0 Å². The van der Waals surface area contributed by atoms with Gasteiger partial charge in [0.25, 0.3) is 0 Å². The first-order valence-electron chi connectivity index (χ1n) is 22.4. The van der Waals surface area contributed by atoms with Gasteiger partial charge in [0.15, 0.2) is 0 Å². The minimum atomic E-state index is -4.28. The van der Waals surface area contributed by atoms with Crippen molar-refractivity contribution in [2.75, 3.05) is 33.0 Å². The number of phosphoric acid groups is 1. The quantitative estimate of drug-likeness (QED) is 0.0271. The van der Waals surface area contributed by atoms with Gasteiger partial charge in [-0.3, -0.25) is 13.8 Å². The molecule has 0 fully saturated rings. The second kappa shape index (κ2) is 44.1. The van der Waals surface area contributed by atoms with Gasteiger partial charge in [-0.05, 0) is 77.0 Å². The van der Waals surface area contributed by atoms with E-state index in [-0.39, 0.29) is 32.3 Å². The van der Waals surface area contributed by atoms with Crippen molar-refractivity contribution in [3.63, 3.8) is 0 Å². The van der Waals surface area contributed by atoms with Gasteiger partial charge in [0.1, 0.15) is 6.10 Å². The molecule has 3 N–H and O–H groups in total. The van der Waals surface area contributed by atoms with Gasteiger partial charge in [0.2, 0.25) is 0 Å². The Morgan fingerprint density at radius 2 is 1.00 bits per heavy atom. The molecule has 2 unspecified atom stereocenters. The number of hydrogen-bond acceptors (Lipinski definition) is 7. The molecule has 0 aliphatic carbocycles. The molecule has 0 aliphatic heterocycles. The number of ether oxygens (including phenoxy) is 2. The van der Waals surface area contributed by atoms with E-state index in [9.17, 15) is 14.3 Å². The number of allylic oxidation sites excluding steroid dienone is 12. The van der Waals surface area contributed by atoms with E-state index in [1.54, 1.807) is 0 Å². The molecule has 0 saturated heterocycles. The van der Waals surface area contributed by atoms with Gasteiger partial charge in [-0.25, -0.2) is 4.57 Å². The van der Waals surface area contributed by atoms with Crippen molar-refractivity contribution < 1.29 is 32.8 Å². The Hall–Kier alpha value is -2.06. The molecule has 0 rings (SSSR count). The van der Waals surface area contributed by atoms with E-state index >= 15 is 0 Å². The molecule has 0 radical (unpaired) electrons. The van der Waals surface area contributed by atoms with E-state index in [2.05, 4.69) is 86.8 Å². The average molecular weight is 806 g/mol. The number of nitrogens with two attached hydrogens (primary N) is 1. The predicted octanol–water partition coefficient (Wildman–Crippen LogP) is 13.5. The SMILES string of the molecule is CC/C=C\C/C=C\C/C=C\C/C=C\C/C=C\CCCCCCCCCCCCOCC(COP(=O)(O)OCCN)OC(=O)CCCCCCC/C=C\CCCC. The highest BCUT2D eigenvalue weighted by Crippen LogP contribution is 2.43. The molecule has 0 heterocycles. The number of carbonyl (C=O) groups excluding carboxylic acids is 1. The second-order valence-electron chi connectivity index (χ2n) is 14.5. The summed E-state index contributed by atoms with van der Waals surface area (Å²) in [5, 5.41) is 0. The monoisotopic (exact) mass is 806 g/mol. The summed E-state index contributed by atoms with van der Waals surface area (Å²) in [5.74, 6) is -0.345. The summed E-state index contributed by atoms with van der Waals surface area (Å²) >= 11 is 0. The van der Waals surface area contributed by atoms with Gasteiger partial charge in [-0.2, -0.15) is 0 Å². The fourth-order valence-electron chi connectivity index (χ4n) is 5.83. The van der Waals surface area contributed by atoms with Crippen LogP contribution in [0.4, 0.5) is 0 Å². The van der Waals surface area contributed by atoms with Crippen molar-refractivity contribution in [1.82, 2.24) is 0 Å². The molecule has 56 heavy (non-hydrogen) atoms. The Morgan fingerprint density at radius 1 is 0.554 bits per heavy atom. The Kier molecular flexibility index (Phi) is 42.4. The lowest BCUT2D eigenvalue weighted by Crippen LogP contribution is -2.28. The molecule has 8 nitrogen and oxygen atoms in total. The van der Waals surface area contributed by atoms with Crippen molar-refractivity contribution >= 4 is 13.8 Å². The summed E-state index contributed by atoms with van der Waals surface area (Å²) in [6.07, 6.45) is 55.0. The maximum absolute atomic E-state index is 12.5. The summed E-state index contributed by atoms with van der Waals surface area (Å²) in [5.41, 5.74) is 5.36. The van der Waals surface area contributed by atoms with Crippen LogP contribution in [0.5, 0.6) is 0 Å². The third kappa shape index (κ3) is 43.1. The summed E-state index contributed by atoms with van der Waals surface area (Å²) in [6, 6.07) is 0. The zero-order valence-corrected chi connectivity index (χ0v) is 36.7. The molecule has 324 valence electrons. The minimum absolute atomic E-state index is 0.0953. The maximum Gasteiger partial charge on any atom is 0.472 e. The fraction of sp³-hybridized carbons (Fsp3) is 0.723. The first kappa shape index (κ1) is 53.9. The Morgan fingerprint density at radius 3 is 1.52 bits per heavy atom. The molecule has 0 amide bonds. The van der Waals surface area contributed by atoms with Crippen molar-refractivity contribution in [1.29, 1.82) is 0 Å². The van der Waals surface area contributed by atoms with Crippen LogP contribution in [0.25, 0.3) is 0 Å². The molecule has 0 saturated carbocycles. The van der Waals surface area contributed by atoms with Gasteiger partial charge in [-0.15, -0.1) is 0 Å². The van der Waals surface area contributed by atoms with Crippen LogP contribution in [0.15, 0.2) is 72.9 Å². The van der Waals surface area contributed by atoms with Crippen molar-refractivity contribution in [2.45, 2.75) is 187 Å². The number of hydrogen-bond donors (Lipinski definition) is 2. The Labute approximate surface area is 344 Å². The summed E-state index contributed by atoms with van der Waals surface area (Å²) < 4.78 is 33.4. The van der Waals surface area contributed by atoms with E-state index in [1.165, 1.54) is 83.5 Å². The summed E-state index contributed by atoms with van der Waals surface area (Å²) in [7, 11) is -4.28. The van der Waals surface area contributed by atoms with Crippen LogP contribution in [0.2, 0.25) is 0 Å². The van der Waals surface area contributed by atoms with Crippen LogP contribution in [0.1, 0.15) is 181 Å². The Bertz CT molecular complexity index is 1080. The molecular weight excluding hydrogens is 721 g/mol. The van der Waals surface area contributed by atoms with Crippen molar-refractivity contribution in [3.8, 4) is 0 Å². The van der Waals surface area contributed by atoms with Crippen LogP contribution < -0.4 is 5.73 Å². The average Bonchev–Trinajstić information content (AvgIpc) is 3.19. The standard InChI is InChI=1S/C47H84NO7P/c1-3-5-7-9-11-13-15-16-17-18-19-20-21-22-23-24-25-26-27-28-29-31-33-35-37-39-42-52-44-46(45-54-56(50,51)53-43-41-48)55-47(49)40-38-36-34-32-30-14-12-10-8-6-4-2/h5,7,10-13,16-17,19-20,22-23,46H,3-4,6,8-9,14-15,18,21,24-45,48H2,1-2H3,(H,50,51)/b7-5-,12-10-,13-11-,17-16-,20-19-,23-22-. The fourth-order valence-corrected chi connectivity index (χ4v) is 6.59. The largest absolute Gasteiger partial charge is 0.472 e. The summed E-state index contributed by atoms with van der Waals surface area (Å²) in [6.45, 7) is 4.73. The lowest BCUT2D eigenvalue weighted by Gasteiger charge is -2.20. The zero-order valence-electron chi connectivity index (χ0n) is 35.8. The van der Waals surface area contributed by atoms with Crippen molar-refractivity contribution in [2.24, 2.45) is 5.73 Å². The number of esters is 1. The molecule has 0 spiro atoms. The second-order valence-corrected chi connectivity index (χ2v) is 16.0. The van der Waals surface area contributed by atoms with E-state index in [0.29, 0.717) is 13.0 Å². The predicted molar refractivity (Wildman–Crippen MR) is 238 cm³/mol. The van der Waals surface area contributed by atoms with Gasteiger partial charge in [-0.1, -0.05) is 170 Å². The topological polar surface area (TPSA) is 117 Å². The molecule has 0 aromatic heterocycles. The molecule has 2 atom stereocenters. The zero-order chi connectivity index (χ0) is 40.9. The maximum atomic E-state index is 12.5. The van der Waals surface area contributed by atoms with Crippen molar-refractivity contribution in [3.05, 3.63) is 72.9 Å². The number of unbranched alkanes of at least 4 members (excludes halogenated alkanes) is 17. The third-order valence-electron chi connectivity index (χ3n) is 9.11. The first-order valence-corrected chi connectivity index (χ1v) is 23.9. The molecular formula is C47H84NO7P. The highest BCUT2D eigenvalue weighted by Gasteiger charge is 2.25. The highest BCUT2D eigenvalue weighted by molar-refractivity contribution is 7.47. The van der Waals surface area contributed by atoms with Crippen LogP contribution in [-0.2, 0) is 27.9 Å². The molecule has 0 aliphatic rings. The molecule has 9 heteroatoms. The van der Waals surface area contributed by atoms with E-state index in [4.69, 9.17) is 24.3 Å². The lowest BCUT2D eigenvalue weighted by molar-refractivity contribution is -0.154. The number of carbonyl (C=O) groups is 1. The lowest BCUT2D eigenvalue weighted by atomic mass is 10.1. The van der Waals surface area contributed by atoms with Gasteiger partial charge in [0.05, 0.1) is 19.8 Å². The molecule has 0 bridgehead atoms. The Balaban J connectivity index is 3.94. The summed E-state index contributed by atoms with van der Waals surface area (Å²) in [4.78, 5) is 22.4. The van der Waals surface area contributed by atoms with Gasteiger partial charge < -0.3 is 20.1 Å². The molecule has 0 aromatic rings. The van der Waals surface area contributed by atoms with E-state index in [1.807, 2.05) is 0 Å². The smallest absolute Gasteiger partial charge is 0.457 e. The number of phosphoric ester groups is 1. The van der Waals surface area contributed by atoms with Crippen LogP contribution >= 0.6 is 7.82 Å². The number of rotatable bonds is 42. The third-order valence-corrected chi connectivity index (χ3v) is 10.1. The molecule has 0 aromatic carbocycles. The first-order chi connectivity index (χ1) is 27.4. The van der Waals surface area contributed by atoms with Crippen LogP contribution in [-0.4, -0.2) is 49.9 Å². The normalized spacial score (nSPS) is 14.1. The highest BCUT2D eigenvalue weighted by atomic mass is 31.2. The van der Waals surface area contributed by atoms with Gasteiger partial charge in [0, 0.05) is 19.6 Å². The van der Waals surface area contributed by atoms with Crippen LogP contribution in [0, 0.1) is 0 Å².